The van der Waals surface area contributed by atoms with E-state index in [2.05, 4.69) is 26.2 Å². The Bertz CT molecular complexity index is 601. The summed E-state index contributed by atoms with van der Waals surface area (Å²) in [6.45, 7) is 1.89. The van der Waals surface area contributed by atoms with E-state index < -0.39 is 0 Å². The summed E-state index contributed by atoms with van der Waals surface area (Å²) in [6.07, 6.45) is 3.15. The number of nitrogens with one attached hydrogen (secondary N) is 1. The first kappa shape index (κ1) is 13.1. The van der Waals surface area contributed by atoms with Crippen LogP contribution in [0.1, 0.15) is 15.9 Å². The average Bonchev–Trinajstić information content (AvgIpc) is 2.32. The molecule has 92 valence electrons. The minimum atomic E-state index is -0.200. The lowest BCUT2D eigenvalue weighted by atomic mass is 10.2. The highest BCUT2D eigenvalue weighted by atomic mass is 79.9. The molecule has 2 aromatic rings. The van der Waals surface area contributed by atoms with Gasteiger partial charge in [-0.05, 0) is 52.7 Å². The summed E-state index contributed by atoms with van der Waals surface area (Å²) < 4.78 is 0.767. The summed E-state index contributed by atoms with van der Waals surface area (Å²) in [4.78, 5) is 16.0. The molecule has 0 spiro atoms. The van der Waals surface area contributed by atoms with Gasteiger partial charge in [-0.1, -0.05) is 11.6 Å². The third-order valence-electron chi connectivity index (χ3n) is 2.40. The van der Waals surface area contributed by atoms with Gasteiger partial charge in [0.15, 0.2) is 0 Å². The first-order chi connectivity index (χ1) is 8.56. The predicted octanol–water partition coefficient (Wildman–Crippen LogP) is 4.06. The molecule has 0 aliphatic heterocycles. The Hall–Kier alpha value is -1.39. The van der Waals surface area contributed by atoms with Crippen molar-refractivity contribution in [2.75, 3.05) is 5.32 Å². The van der Waals surface area contributed by atoms with Gasteiger partial charge in [0.05, 0.1) is 5.56 Å². The second-order valence-electron chi connectivity index (χ2n) is 3.81. The second-order valence-corrected chi connectivity index (χ2v) is 5.16. The van der Waals surface area contributed by atoms with Crippen LogP contribution in [0.5, 0.6) is 0 Å². The Kier molecular flexibility index (Phi) is 3.99. The largest absolute Gasteiger partial charge is 0.322 e. The molecule has 1 N–H and O–H groups in total. The summed E-state index contributed by atoms with van der Waals surface area (Å²) in [6, 6.07) is 7.04. The van der Waals surface area contributed by atoms with E-state index in [1.54, 1.807) is 30.5 Å². The normalized spacial score (nSPS) is 10.2. The number of pyridine rings is 1. The van der Waals surface area contributed by atoms with E-state index in [1.165, 1.54) is 6.20 Å². The van der Waals surface area contributed by atoms with Crippen LogP contribution >= 0.6 is 27.5 Å². The Morgan fingerprint density at radius 2 is 2.11 bits per heavy atom. The van der Waals surface area contributed by atoms with Gasteiger partial charge in [-0.15, -0.1) is 0 Å². The Balaban J connectivity index is 2.21. The van der Waals surface area contributed by atoms with E-state index >= 15 is 0 Å². The molecule has 0 bridgehead atoms. The summed E-state index contributed by atoms with van der Waals surface area (Å²) in [5, 5.41) is 3.47. The number of carbonyl (C=O) groups excluding carboxylic acids is 1. The standard InChI is InChI=1S/C13H10BrClN2O/c1-8-4-11(15)2-3-12(8)17-13(18)9-5-10(14)7-16-6-9/h2-7H,1H3,(H,17,18). The molecule has 18 heavy (non-hydrogen) atoms. The van der Waals surface area contributed by atoms with E-state index in [1.807, 2.05) is 6.92 Å². The van der Waals surface area contributed by atoms with Gasteiger partial charge in [-0.25, -0.2) is 0 Å². The number of hydrogen-bond acceptors (Lipinski definition) is 2. The van der Waals surface area contributed by atoms with Gasteiger partial charge in [-0.3, -0.25) is 9.78 Å². The number of carbonyl (C=O) groups is 1. The second kappa shape index (κ2) is 5.50. The average molecular weight is 326 g/mol. The van der Waals surface area contributed by atoms with Gasteiger partial charge in [0, 0.05) is 27.6 Å². The van der Waals surface area contributed by atoms with E-state index in [0.717, 1.165) is 15.7 Å². The number of nitrogens with zero attached hydrogens (tertiary/aromatic N) is 1. The fourth-order valence-electron chi connectivity index (χ4n) is 1.50. The van der Waals surface area contributed by atoms with E-state index in [4.69, 9.17) is 11.6 Å². The lowest BCUT2D eigenvalue weighted by Gasteiger charge is -2.08. The maximum Gasteiger partial charge on any atom is 0.257 e. The van der Waals surface area contributed by atoms with Gasteiger partial charge < -0.3 is 5.32 Å². The highest BCUT2D eigenvalue weighted by molar-refractivity contribution is 9.10. The number of halogens is 2. The van der Waals surface area contributed by atoms with Crippen molar-refractivity contribution in [2.24, 2.45) is 0 Å². The fraction of sp³-hybridized carbons (Fsp3) is 0.0769. The Labute approximate surface area is 118 Å². The molecule has 1 heterocycles. The molecule has 5 heteroatoms. The topological polar surface area (TPSA) is 42.0 Å². The van der Waals surface area contributed by atoms with Crippen LogP contribution in [0, 0.1) is 6.92 Å². The van der Waals surface area contributed by atoms with Crippen LogP contribution < -0.4 is 5.32 Å². The molecule has 0 aliphatic carbocycles. The molecule has 1 aromatic carbocycles. The molecule has 1 aromatic heterocycles. The van der Waals surface area contributed by atoms with E-state index in [-0.39, 0.29) is 5.91 Å². The number of benzene rings is 1. The Morgan fingerprint density at radius 1 is 1.33 bits per heavy atom. The molecule has 3 nitrogen and oxygen atoms in total. The quantitative estimate of drug-likeness (QED) is 0.905. The first-order valence-electron chi connectivity index (χ1n) is 5.24. The van der Waals surface area contributed by atoms with Crippen LogP contribution in [0.2, 0.25) is 5.02 Å². The van der Waals surface area contributed by atoms with Gasteiger partial charge in [0.2, 0.25) is 0 Å². The van der Waals surface area contributed by atoms with Crippen molar-refractivity contribution in [1.82, 2.24) is 4.98 Å². The van der Waals surface area contributed by atoms with Gasteiger partial charge in [0.25, 0.3) is 5.91 Å². The van der Waals surface area contributed by atoms with Crippen molar-refractivity contribution in [1.29, 1.82) is 0 Å². The van der Waals surface area contributed by atoms with Gasteiger partial charge in [0.1, 0.15) is 0 Å². The maximum absolute atomic E-state index is 12.0. The van der Waals surface area contributed by atoms with E-state index in [9.17, 15) is 4.79 Å². The molecule has 2 rings (SSSR count). The molecule has 0 radical (unpaired) electrons. The minimum absolute atomic E-state index is 0.200. The van der Waals surface area contributed by atoms with Crippen molar-refractivity contribution >= 4 is 39.1 Å². The monoisotopic (exact) mass is 324 g/mol. The lowest BCUT2D eigenvalue weighted by molar-refractivity contribution is 0.102. The first-order valence-corrected chi connectivity index (χ1v) is 6.41. The van der Waals surface area contributed by atoms with Crippen LogP contribution in [0.15, 0.2) is 41.1 Å². The van der Waals surface area contributed by atoms with Crippen molar-refractivity contribution in [2.45, 2.75) is 6.92 Å². The fourth-order valence-corrected chi connectivity index (χ4v) is 2.09. The van der Waals surface area contributed by atoms with Crippen LogP contribution in [-0.4, -0.2) is 10.9 Å². The summed E-state index contributed by atoms with van der Waals surface area (Å²) in [5.74, 6) is -0.200. The summed E-state index contributed by atoms with van der Waals surface area (Å²) in [7, 11) is 0. The molecule has 0 atom stereocenters. The SMILES string of the molecule is Cc1cc(Cl)ccc1NC(=O)c1cncc(Br)c1. The Morgan fingerprint density at radius 3 is 2.78 bits per heavy atom. The van der Waals surface area contributed by atoms with Gasteiger partial charge >= 0.3 is 0 Å². The lowest BCUT2D eigenvalue weighted by Crippen LogP contribution is -2.13. The predicted molar refractivity (Wildman–Crippen MR) is 76.1 cm³/mol. The molecule has 0 fully saturated rings. The number of rotatable bonds is 2. The molecule has 0 saturated heterocycles. The van der Waals surface area contributed by atoms with Crippen molar-refractivity contribution < 1.29 is 4.79 Å². The minimum Gasteiger partial charge on any atom is -0.322 e. The van der Waals surface area contributed by atoms with Crippen LogP contribution in [0.25, 0.3) is 0 Å². The molecule has 0 unspecified atom stereocenters. The van der Waals surface area contributed by atoms with E-state index in [0.29, 0.717) is 10.6 Å². The molecule has 0 aliphatic rings. The van der Waals surface area contributed by atoms with Crippen LogP contribution in [-0.2, 0) is 0 Å². The summed E-state index contributed by atoms with van der Waals surface area (Å²) in [5.41, 5.74) is 2.15. The number of anilines is 1. The number of aromatic nitrogens is 1. The zero-order valence-electron chi connectivity index (χ0n) is 9.58. The maximum atomic E-state index is 12.0. The zero-order chi connectivity index (χ0) is 13.1. The van der Waals surface area contributed by atoms with Crippen LogP contribution in [0.3, 0.4) is 0 Å². The highest BCUT2D eigenvalue weighted by Gasteiger charge is 2.08. The van der Waals surface area contributed by atoms with Crippen molar-refractivity contribution in [3.05, 3.63) is 57.3 Å². The number of aryl methyl sites for hydroxylation is 1. The zero-order valence-corrected chi connectivity index (χ0v) is 11.9. The molecule has 1 amide bonds. The van der Waals surface area contributed by atoms with Gasteiger partial charge in [-0.2, -0.15) is 0 Å². The van der Waals surface area contributed by atoms with Crippen molar-refractivity contribution in [3.63, 3.8) is 0 Å². The van der Waals surface area contributed by atoms with Crippen molar-refractivity contribution in [3.8, 4) is 0 Å². The van der Waals surface area contributed by atoms with Crippen LogP contribution in [0.4, 0.5) is 5.69 Å². The number of amides is 1. The number of hydrogen-bond donors (Lipinski definition) is 1. The summed E-state index contributed by atoms with van der Waals surface area (Å²) >= 11 is 9.14. The smallest absolute Gasteiger partial charge is 0.257 e. The highest BCUT2D eigenvalue weighted by Crippen LogP contribution is 2.20. The molecular formula is C13H10BrClN2O. The molecule has 0 saturated carbocycles. The third kappa shape index (κ3) is 3.09. The molecular weight excluding hydrogens is 316 g/mol. The third-order valence-corrected chi connectivity index (χ3v) is 3.07.